The zero-order chi connectivity index (χ0) is 85.5. The molecule has 34 nitrogen and oxygen atoms in total. The van der Waals surface area contributed by atoms with Crippen molar-refractivity contribution < 1.29 is 82.4 Å². The minimum absolute atomic E-state index is 0.0582. The second-order valence-electron chi connectivity index (χ2n) is 29.8. The van der Waals surface area contributed by atoms with Crippen LogP contribution in [-0.4, -0.2) is 233 Å². The molecular formula is C83H106ClN17O17. The number of aliphatic hydroxyl groups is 1. The number of urea groups is 1. The van der Waals surface area contributed by atoms with Crippen LogP contribution in [0.4, 0.5) is 4.79 Å². The maximum atomic E-state index is 15.6. The molecule has 35 heteroatoms. The molecule has 0 radical (unpaired) electrons. The Morgan fingerprint density at radius 3 is 1.47 bits per heavy atom. The lowest BCUT2D eigenvalue weighted by Crippen LogP contribution is -2.62. The van der Waals surface area contributed by atoms with E-state index in [2.05, 4.69) is 58.1 Å². The quantitative estimate of drug-likeness (QED) is 0.0141. The predicted molar refractivity (Wildman–Crippen MR) is 437 cm³/mol. The van der Waals surface area contributed by atoms with Gasteiger partial charge >= 0.3 is 18.0 Å². The van der Waals surface area contributed by atoms with E-state index in [0.29, 0.717) is 77.7 Å². The number of guanidine groups is 1. The molecule has 2 aliphatic rings. The first-order valence-corrected chi connectivity index (χ1v) is 39.4. The topological polar surface area (TPSA) is 524 Å². The third-order valence-electron chi connectivity index (χ3n) is 20.0. The van der Waals surface area contributed by atoms with Gasteiger partial charge in [-0.1, -0.05) is 159 Å². The number of carboxylic acid groups (broad SMARTS) is 2. The molecule has 0 bridgehead atoms. The van der Waals surface area contributed by atoms with Crippen molar-refractivity contribution in [2.45, 2.75) is 158 Å². The highest BCUT2D eigenvalue weighted by Gasteiger charge is 2.41. The van der Waals surface area contributed by atoms with E-state index in [4.69, 9.17) is 38.9 Å². The number of carbonyl (C=O) groups is 13. The summed E-state index contributed by atoms with van der Waals surface area (Å²) < 4.78 is 5.55. The number of rotatable bonds is 44. The first-order chi connectivity index (χ1) is 56.4. The zero-order valence-corrected chi connectivity index (χ0v) is 66.8. The summed E-state index contributed by atoms with van der Waals surface area (Å²) in [5.74, 6) is -12.0. The second-order valence-corrected chi connectivity index (χ2v) is 30.3. The third-order valence-corrected chi connectivity index (χ3v) is 20.3. The van der Waals surface area contributed by atoms with Crippen LogP contribution in [0.15, 0.2) is 146 Å². The van der Waals surface area contributed by atoms with Gasteiger partial charge in [-0.2, -0.15) is 0 Å². The van der Waals surface area contributed by atoms with Crippen LogP contribution in [0.5, 0.6) is 0 Å². The third kappa shape index (κ3) is 29.3. The van der Waals surface area contributed by atoms with Crippen molar-refractivity contribution >= 4 is 105 Å². The number of amides is 12. The highest BCUT2D eigenvalue weighted by atomic mass is 35.5. The Morgan fingerprint density at radius 1 is 0.517 bits per heavy atom. The Morgan fingerprint density at radius 2 is 0.966 bits per heavy atom. The van der Waals surface area contributed by atoms with Gasteiger partial charge in [0.25, 0.3) is 0 Å². The number of carbonyl (C=O) groups excluding carboxylic acids is 11. The summed E-state index contributed by atoms with van der Waals surface area (Å²) in [5, 5.41) is 66.9. The monoisotopic (exact) mass is 1650 g/mol. The molecule has 0 saturated carbocycles. The Labute approximate surface area is 688 Å². The van der Waals surface area contributed by atoms with Crippen LogP contribution in [-0.2, 0) is 107 Å². The van der Waals surface area contributed by atoms with E-state index in [1.54, 1.807) is 117 Å². The zero-order valence-electron chi connectivity index (χ0n) is 66.1. The first-order valence-electron chi connectivity index (χ1n) is 39.0. The average Bonchev–Trinajstić information content (AvgIpc) is 1.20. The summed E-state index contributed by atoms with van der Waals surface area (Å²) in [5.41, 5.74) is 20.6. The number of likely N-dealkylation sites (tertiary alicyclic amines) is 1. The van der Waals surface area contributed by atoms with E-state index < -0.39 is 157 Å². The van der Waals surface area contributed by atoms with Gasteiger partial charge in [0.2, 0.25) is 59.1 Å². The molecule has 632 valence electrons. The number of hydrogen-bond acceptors (Lipinski definition) is 18. The lowest BCUT2D eigenvalue weighted by atomic mass is 9.97. The maximum absolute atomic E-state index is 15.6. The number of hydrogen-bond donors (Lipinski definition) is 17. The Hall–Kier alpha value is -12.1. The molecule has 0 spiro atoms. The van der Waals surface area contributed by atoms with Crippen molar-refractivity contribution in [3.8, 4) is 0 Å². The normalized spacial score (nSPS) is 15.7. The second kappa shape index (κ2) is 45.4. The molecule has 2 saturated heterocycles. The maximum Gasteiger partial charge on any atom is 0.317 e. The van der Waals surface area contributed by atoms with Gasteiger partial charge < -0.3 is 95.3 Å². The number of nitrogens with one attached hydrogen (secondary N) is 11. The van der Waals surface area contributed by atoms with Crippen LogP contribution in [0.25, 0.3) is 10.8 Å². The fraction of sp³-hybridized carbons (Fsp3) is 0.422. The molecule has 6 aromatic carbocycles. The fourth-order valence-electron chi connectivity index (χ4n) is 13.9. The smallest absolute Gasteiger partial charge is 0.317 e. The highest BCUT2D eigenvalue weighted by Crippen LogP contribution is 2.24. The number of carboxylic acids is 2. The van der Waals surface area contributed by atoms with Crippen LogP contribution in [0, 0.1) is 11.3 Å². The van der Waals surface area contributed by atoms with E-state index in [1.165, 1.54) is 16.7 Å². The Kier molecular flexibility index (Phi) is 35.2. The average molecular weight is 1650 g/mol. The van der Waals surface area contributed by atoms with Gasteiger partial charge in [-0.15, -0.1) is 0 Å². The standard InChI is InChI=1S/C83H106ClN17O17/c1-49(2)38-62(73(108)91-61(18-10-32-89-82(86)87)81(116)101-33-11-19-69(101)80(115)90-50(3)72(85)107)92-74(109)64(40-53-22-26-56(27-23-53)45-100(46-70(103)104)47-71(105)106)94-76(111)66(41-52-20-24-55(25-21-52)44-99-34-36-118-37-35-99)96-79(114)68(48-102)97-77(112)63(39-51-12-5-4-6-13-51)93-75(110)65(42-54-28-30-59(84)31-29-54)95-78(113)67(98-83(88)117)43-58-16-9-15-57-14-7-8-17-60(57)58/h4-9,12-17,20-31,49-50,61-69,102H,10-11,18-19,32-48H2,1-3H3,(H2,85,107)(H,90,115)(H,91,108)(H,92,109)(H,93,110)(H,94,111)(H,95,113)(H,96,114)(H,97,112)(H,103,104)(H,105,106)(H4,86,87,89)(H3,88,98,117)/t50-,61+,62+,63-,64-,65-,66+,67-,68+,69+/m1/s1. The molecule has 8 rings (SSSR count). The molecule has 2 aliphatic heterocycles. The highest BCUT2D eigenvalue weighted by molar-refractivity contribution is 6.30. The van der Waals surface area contributed by atoms with Gasteiger partial charge in [0.05, 0.1) is 32.9 Å². The van der Waals surface area contributed by atoms with Gasteiger partial charge in [0.15, 0.2) is 5.96 Å². The number of benzene rings is 6. The summed E-state index contributed by atoms with van der Waals surface area (Å²) in [7, 11) is 0. The van der Waals surface area contributed by atoms with Gasteiger partial charge in [-0.05, 0) is 107 Å². The molecular weight excluding hydrogens is 1540 g/mol. The molecule has 2 heterocycles. The van der Waals surface area contributed by atoms with Crippen molar-refractivity contribution in [1.82, 2.24) is 67.9 Å². The number of ether oxygens (including phenoxy) is 1. The van der Waals surface area contributed by atoms with E-state index in [1.807, 2.05) is 42.5 Å². The van der Waals surface area contributed by atoms with E-state index in [9.17, 15) is 53.7 Å². The number of nitrogens with two attached hydrogens (primary N) is 3. The Bertz CT molecular complexity index is 4460. The van der Waals surface area contributed by atoms with Crippen molar-refractivity contribution in [2.75, 3.05) is 59.1 Å². The van der Waals surface area contributed by atoms with Crippen LogP contribution >= 0.6 is 11.6 Å². The van der Waals surface area contributed by atoms with Crippen LogP contribution in [0.3, 0.4) is 0 Å². The molecule has 2 fully saturated rings. The van der Waals surface area contributed by atoms with E-state index in [-0.39, 0.29) is 89.3 Å². The molecule has 0 aromatic heterocycles. The lowest BCUT2D eigenvalue weighted by molar-refractivity contribution is -0.142. The minimum atomic E-state index is -1.87. The van der Waals surface area contributed by atoms with Crippen molar-refractivity contribution in [3.63, 3.8) is 0 Å². The van der Waals surface area contributed by atoms with E-state index in [0.717, 1.165) is 16.3 Å². The minimum Gasteiger partial charge on any atom is -0.480 e. The van der Waals surface area contributed by atoms with E-state index >= 15 is 24.0 Å². The van der Waals surface area contributed by atoms with Gasteiger partial charge in [0.1, 0.15) is 60.4 Å². The van der Waals surface area contributed by atoms with Crippen molar-refractivity contribution in [2.24, 2.45) is 23.1 Å². The molecule has 12 amide bonds. The summed E-state index contributed by atoms with van der Waals surface area (Å²) in [6, 6.07) is 25.6. The molecule has 20 N–H and O–H groups in total. The van der Waals surface area contributed by atoms with Gasteiger partial charge in [-0.25, -0.2) is 4.79 Å². The number of fused-ring (bicyclic) bond motifs is 1. The predicted octanol–water partition coefficient (Wildman–Crippen LogP) is 0.523. The molecule has 6 aromatic rings. The molecule has 10 atom stereocenters. The van der Waals surface area contributed by atoms with Crippen LogP contribution < -0.4 is 70.4 Å². The fourth-order valence-corrected chi connectivity index (χ4v) is 14.1. The SMILES string of the molecule is CC(C)C[C@H](NC(=O)[C@@H](Cc1ccc(CN(CC(=O)O)CC(=O)O)cc1)NC(=O)[C@H](Cc1ccc(CN2CCOCC2)cc1)NC(=O)[C@H](CO)NC(=O)[C@@H](Cc1ccccc1)NC(=O)[C@@H](Cc1ccc(Cl)cc1)NC(=O)[C@@H](Cc1cccc2ccccc12)NC(N)=O)C(=O)N[C@@H](CCCNC(=N)N)C(=O)N1CCC[C@H]1C(=O)N[C@H](C)C(N)=O. The number of primary amides is 2. The lowest BCUT2D eigenvalue weighted by Gasteiger charge is -2.31. The summed E-state index contributed by atoms with van der Waals surface area (Å²) in [6.07, 6.45) is -0.479. The summed E-state index contributed by atoms with van der Waals surface area (Å²) >= 11 is 6.28. The number of aliphatic hydroxyl groups excluding tert-OH is 1. The number of nitrogens with zero attached hydrogens (tertiary/aromatic N) is 3. The van der Waals surface area contributed by atoms with Gasteiger partial charge in [-0.3, -0.25) is 72.7 Å². The molecule has 0 unspecified atom stereocenters. The van der Waals surface area contributed by atoms with Crippen LogP contribution in [0.1, 0.15) is 91.8 Å². The molecule has 0 aliphatic carbocycles. The number of aliphatic carboxylic acids is 2. The number of morpholine rings is 1. The van der Waals surface area contributed by atoms with Gasteiger partial charge in [0, 0.05) is 76.4 Å². The summed E-state index contributed by atoms with van der Waals surface area (Å²) in [6.45, 7) is 5.62. The first kappa shape index (κ1) is 91.4. The Balaban J connectivity index is 1.11. The molecule has 118 heavy (non-hydrogen) atoms. The van der Waals surface area contributed by atoms with Crippen molar-refractivity contribution in [3.05, 3.63) is 190 Å². The largest absolute Gasteiger partial charge is 0.480 e. The van der Waals surface area contributed by atoms with Crippen molar-refractivity contribution in [1.29, 1.82) is 5.41 Å². The number of halogens is 1. The van der Waals surface area contributed by atoms with Crippen LogP contribution in [0.2, 0.25) is 5.02 Å². The summed E-state index contributed by atoms with van der Waals surface area (Å²) in [4.78, 5) is 187.